The second-order valence-corrected chi connectivity index (χ2v) is 5.34. The zero-order chi connectivity index (χ0) is 13.1. The fourth-order valence-corrected chi connectivity index (χ4v) is 2.04. The fraction of sp³-hybridized carbons (Fsp3) is 0.0769. The van der Waals surface area contributed by atoms with E-state index < -0.39 is 5.82 Å². The summed E-state index contributed by atoms with van der Waals surface area (Å²) in [5.74, 6) is -0.214. The quantitative estimate of drug-likeness (QED) is 0.713. The third-order valence-corrected chi connectivity index (χ3v) is 3.50. The van der Waals surface area contributed by atoms with Gasteiger partial charge in [-0.15, -0.1) is 0 Å². The monoisotopic (exact) mass is 348 g/mol. The van der Waals surface area contributed by atoms with Crippen molar-refractivity contribution in [2.45, 2.75) is 6.61 Å². The van der Waals surface area contributed by atoms with Gasteiger partial charge in [0.05, 0.1) is 10.0 Å². The van der Waals surface area contributed by atoms with Gasteiger partial charge in [0.2, 0.25) is 0 Å². The molecule has 0 radical (unpaired) electrons. The number of rotatable bonds is 3. The topological polar surface area (TPSA) is 9.23 Å². The molecule has 5 heteroatoms. The number of halogens is 4. The summed E-state index contributed by atoms with van der Waals surface area (Å²) in [7, 11) is 0. The molecule has 0 bridgehead atoms. The average Bonchev–Trinajstić information content (AvgIpc) is 2.34. The third kappa shape index (κ3) is 3.37. The van der Waals surface area contributed by atoms with E-state index in [-0.39, 0.29) is 12.4 Å². The van der Waals surface area contributed by atoms with Crippen molar-refractivity contribution in [3.63, 3.8) is 0 Å². The van der Waals surface area contributed by atoms with Crippen LogP contribution in [0.5, 0.6) is 5.75 Å². The van der Waals surface area contributed by atoms with E-state index in [2.05, 4.69) is 15.9 Å². The van der Waals surface area contributed by atoms with Gasteiger partial charge >= 0.3 is 0 Å². The van der Waals surface area contributed by atoms with E-state index in [0.29, 0.717) is 10.0 Å². The molecule has 0 unspecified atom stereocenters. The summed E-state index contributed by atoms with van der Waals surface area (Å²) in [5.41, 5.74) is 0.823. The van der Waals surface area contributed by atoms with Crippen LogP contribution in [0.3, 0.4) is 0 Å². The van der Waals surface area contributed by atoms with E-state index in [1.54, 1.807) is 30.3 Å². The largest absolute Gasteiger partial charge is 0.486 e. The molecule has 2 rings (SSSR count). The Morgan fingerprint density at radius 2 is 1.83 bits per heavy atom. The van der Waals surface area contributed by atoms with Gasteiger partial charge in [-0.2, -0.15) is 0 Å². The molecule has 1 nitrogen and oxygen atoms in total. The fourth-order valence-electron chi connectivity index (χ4n) is 1.38. The maximum atomic E-state index is 13.4. The Morgan fingerprint density at radius 1 is 1.06 bits per heavy atom. The first-order valence-corrected chi connectivity index (χ1v) is 6.63. The molecule has 0 fully saturated rings. The highest BCUT2D eigenvalue weighted by Crippen LogP contribution is 2.25. The Morgan fingerprint density at radius 3 is 2.56 bits per heavy atom. The van der Waals surface area contributed by atoms with Crippen LogP contribution >= 0.6 is 39.1 Å². The maximum Gasteiger partial charge on any atom is 0.165 e. The summed E-state index contributed by atoms with van der Waals surface area (Å²) in [6.07, 6.45) is 0. The lowest BCUT2D eigenvalue weighted by molar-refractivity contribution is 0.290. The summed E-state index contributed by atoms with van der Waals surface area (Å²) in [6.45, 7) is 0.226. The highest BCUT2D eigenvalue weighted by atomic mass is 79.9. The second-order valence-electron chi connectivity index (χ2n) is 3.61. The minimum atomic E-state index is -0.404. The van der Waals surface area contributed by atoms with E-state index in [1.165, 1.54) is 6.07 Å². The van der Waals surface area contributed by atoms with Crippen molar-refractivity contribution < 1.29 is 9.13 Å². The van der Waals surface area contributed by atoms with Crippen LogP contribution in [0.2, 0.25) is 10.0 Å². The molecule has 0 N–H and O–H groups in total. The Kier molecular flexibility index (Phi) is 4.49. The lowest BCUT2D eigenvalue weighted by Crippen LogP contribution is -1.97. The van der Waals surface area contributed by atoms with E-state index >= 15 is 0 Å². The molecule has 2 aromatic rings. The lowest BCUT2D eigenvalue weighted by atomic mass is 10.2. The van der Waals surface area contributed by atoms with E-state index in [9.17, 15) is 4.39 Å². The Balaban J connectivity index is 2.11. The zero-order valence-corrected chi connectivity index (χ0v) is 12.2. The van der Waals surface area contributed by atoms with Gasteiger partial charge in [0, 0.05) is 4.47 Å². The van der Waals surface area contributed by atoms with Gasteiger partial charge in [0.1, 0.15) is 6.61 Å². The van der Waals surface area contributed by atoms with Crippen LogP contribution in [0, 0.1) is 5.82 Å². The van der Waals surface area contributed by atoms with Crippen LogP contribution in [0.1, 0.15) is 5.56 Å². The summed E-state index contributed by atoms with van der Waals surface area (Å²) < 4.78 is 19.6. The van der Waals surface area contributed by atoms with Crippen LogP contribution in [0.4, 0.5) is 4.39 Å². The van der Waals surface area contributed by atoms with Crippen LogP contribution in [0.15, 0.2) is 40.9 Å². The van der Waals surface area contributed by atoms with Crippen molar-refractivity contribution in [2.75, 3.05) is 0 Å². The highest BCUT2D eigenvalue weighted by molar-refractivity contribution is 9.10. The highest BCUT2D eigenvalue weighted by Gasteiger charge is 2.05. The predicted octanol–water partition coefficient (Wildman–Crippen LogP) is 5.47. The molecule has 94 valence electrons. The van der Waals surface area contributed by atoms with Gasteiger partial charge < -0.3 is 4.74 Å². The van der Waals surface area contributed by atoms with Gasteiger partial charge in [-0.05, 0) is 35.9 Å². The maximum absolute atomic E-state index is 13.4. The molecule has 0 aliphatic heterocycles. The van der Waals surface area contributed by atoms with Gasteiger partial charge in [0.15, 0.2) is 11.6 Å². The molecule has 0 aliphatic rings. The van der Waals surface area contributed by atoms with Gasteiger partial charge in [-0.1, -0.05) is 45.2 Å². The molecule has 0 aromatic heterocycles. The van der Waals surface area contributed by atoms with Crippen LogP contribution in [-0.2, 0) is 6.61 Å². The first kappa shape index (κ1) is 13.7. The first-order valence-electron chi connectivity index (χ1n) is 5.08. The second kappa shape index (κ2) is 5.91. The molecule has 0 saturated heterocycles. The van der Waals surface area contributed by atoms with Crippen molar-refractivity contribution in [2.24, 2.45) is 0 Å². The number of benzene rings is 2. The minimum Gasteiger partial charge on any atom is -0.486 e. The average molecular weight is 350 g/mol. The molecule has 18 heavy (non-hydrogen) atoms. The standard InChI is InChI=1S/C13H8BrCl2FO/c14-9-2-4-12(17)13(6-9)18-7-8-1-3-10(15)11(16)5-8/h1-6H,7H2. The molecule has 0 amide bonds. The Bertz CT molecular complexity index is 575. The van der Waals surface area contributed by atoms with Crippen molar-refractivity contribution in [1.82, 2.24) is 0 Å². The van der Waals surface area contributed by atoms with Gasteiger partial charge in [-0.3, -0.25) is 0 Å². The molecular formula is C13H8BrCl2FO. The van der Waals surface area contributed by atoms with E-state index in [0.717, 1.165) is 10.0 Å². The first-order chi connectivity index (χ1) is 8.56. The van der Waals surface area contributed by atoms with Crippen LogP contribution in [0.25, 0.3) is 0 Å². The SMILES string of the molecule is Fc1ccc(Br)cc1OCc1ccc(Cl)c(Cl)c1. The minimum absolute atomic E-state index is 0.190. The van der Waals surface area contributed by atoms with Crippen molar-refractivity contribution in [3.05, 3.63) is 62.3 Å². The predicted molar refractivity (Wildman–Crippen MR) is 74.9 cm³/mol. The zero-order valence-electron chi connectivity index (χ0n) is 9.09. The number of ether oxygens (including phenoxy) is 1. The van der Waals surface area contributed by atoms with Gasteiger partial charge in [0.25, 0.3) is 0 Å². The van der Waals surface area contributed by atoms with Gasteiger partial charge in [-0.25, -0.2) is 4.39 Å². The molecule has 0 spiro atoms. The summed E-state index contributed by atoms with van der Waals surface area (Å²) >= 11 is 14.9. The Labute approximate surface area is 123 Å². The number of hydrogen-bond donors (Lipinski definition) is 0. The van der Waals surface area contributed by atoms with E-state index in [4.69, 9.17) is 27.9 Å². The van der Waals surface area contributed by atoms with Crippen molar-refractivity contribution in [3.8, 4) is 5.75 Å². The molecule has 0 heterocycles. The lowest BCUT2D eigenvalue weighted by Gasteiger charge is -2.08. The molecule has 0 atom stereocenters. The normalized spacial score (nSPS) is 10.4. The third-order valence-electron chi connectivity index (χ3n) is 2.27. The summed E-state index contributed by atoms with van der Waals surface area (Å²) in [6, 6.07) is 9.69. The molecule has 0 aliphatic carbocycles. The van der Waals surface area contributed by atoms with E-state index in [1.807, 2.05) is 0 Å². The number of hydrogen-bond acceptors (Lipinski definition) is 1. The summed E-state index contributed by atoms with van der Waals surface area (Å²) in [5, 5.41) is 0.932. The Hall–Kier alpha value is -0.770. The van der Waals surface area contributed by atoms with Crippen LogP contribution in [-0.4, -0.2) is 0 Å². The molecule has 0 saturated carbocycles. The molecular weight excluding hydrogens is 342 g/mol. The molecule has 2 aromatic carbocycles. The van der Waals surface area contributed by atoms with Crippen molar-refractivity contribution >= 4 is 39.1 Å². The smallest absolute Gasteiger partial charge is 0.165 e. The summed E-state index contributed by atoms with van der Waals surface area (Å²) in [4.78, 5) is 0. The van der Waals surface area contributed by atoms with Crippen molar-refractivity contribution in [1.29, 1.82) is 0 Å². The van der Waals surface area contributed by atoms with Crippen LogP contribution < -0.4 is 4.74 Å².